The number of hydrogen-bond donors (Lipinski definition) is 0. The van der Waals surface area contributed by atoms with Crippen LogP contribution in [0.2, 0.25) is 0 Å². The van der Waals surface area contributed by atoms with Crippen molar-refractivity contribution in [3.05, 3.63) is 83.9 Å². The first-order valence-electron chi connectivity index (χ1n) is 9.64. The second-order valence-electron chi connectivity index (χ2n) is 7.29. The van der Waals surface area contributed by atoms with Crippen molar-refractivity contribution in [3.63, 3.8) is 0 Å². The van der Waals surface area contributed by atoms with Crippen LogP contribution in [0.3, 0.4) is 0 Å². The molecule has 3 rings (SSSR count). The van der Waals surface area contributed by atoms with Crippen molar-refractivity contribution < 1.29 is 35.3 Å². The van der Waals surface area contributed by atoms with Crippen LogP contribution in [-0.2, 0) is 21.0 Å². The Kier molecular flexibility index (Phi) is 7.11. The fourth-order valence-corrected chi connectivity index (χ4v) is 5.99. The molecule has 0 radical (unpaired) electrons. The lowest BCUT2D eigenvalue weighted by molar-refractivity contribution is -0.207. The van der Waals surface area contributed by atoms with E-state index in [9.17, 15) is 30.5 Å². The summed E-state index contributed by atoms with van der Waals surface area (Å²) in [6, 6.07) is 22.6. The van der Waals surface area contributed by atoms with E-state index in [2.05, 4.69) is 0 Å². The Morgan fingerprint density at radius 1 is 0.818 bits per heavy atom. The zero-order valence-electron chi connectivity index (χ0n) is 17.6. The van der Waals surface area contributed by atoms with Crippen LogP contribution < -0.4 is 4.74 Å². The van der Waals surface area contributed by atoms with Gasteiger partial charge in [0.05, 0.1) is 10.9 Å². The first-order chi connectivity index (χ1) is 15.3. The quantitative estimate of drug-likeness (QED) is 0.242. The summed E-state index contributed by atoms with van der Waals surface area (Å²) < 4.78 is 91.3. The summed E-state index contributed by atoms with van der Waals surface area (Å²) in [6.45, 7) is 1.12. The van der Waals surface area contributed by atoms with E-state index in [0.29, 0.717) is 11.1 Å². The van der Waals surface area contributed by atoms with Crippen LogP contribution in [0.4, 0.5) is 17.6 Å². The van der Waals surface area contributed by atoms with E-state index in [1.54, 1.807) is 26.0 Å². The summed E-state index contributed by atoms with van der Waals surface area (Å²) in [5.41, 5.74) is 0.754. The molecule has 10 heteroatoms. The third kappa shape index (κ3) is 5.18. The minimum absolute atomic E-state index is 0.113. The minimum atomic E-state index is -6.38. The van der Waals surface area contributed by atoms with Gasteiger partial charge in [-0.05, 0) is 49.2 Å². The third-order valence-electron chi connectivity index (χ3n) is 4.85. The number of alkyl halides is 4. The zero-order chi connectivity index (χ0) is 24.4. The van der Waals surface area contributed by atoms with Gasteiger partial charge < -0.3 is 9.29 Å². The molecule has 0 heterocycles. The number of hydrogen-bond acceptors (Lipinski definition) is 4. The molecule has 0 bridgehead atoms. The van der Waals surface area contributed by atoms with E-state index in [1.165, 1.54) is 0 Å². The predicted molar refractivity (Wildman–Crippen MR) is 116 cm³/mol. The summed E-state index contributed by atoms with van der Waals surface area (Å²) in [7, 11) is -6.93. The fourth-order valence-electron chi connectivity index (χ4n) is 3.24. The predicted octanol–water partition coefficient (Wildman–Crippen LogP) is 5.55. The van der Waals surface area contributed by atoms with Gasteiger partial charge in [0.1, 0.15) is 22.5 Å². The minimum Gasteiger partial charge on any atom is -0.745 e. The van der Waals surface area contributed by atoms with Crippen molar-refractivity contribution >= 4 is 21.0 Å². The molecular formula is C23H20F4O4S2. The lowest BCUT2D eigenvalue weighted by Gasteiger charge is -2.30. The number of halogens is 4. The van der Waals surface area contributed by atoms with E-state index in [-0.39, 0.29) is 5.75 Å². The van der Waals surface area contributed by atoms with Gasteiger partial charge in [-0.1, -0.05) is 36.4 Å². The molecule has 0 N–H and O–H groups in total. The normalized spacial score (nSPS) is 14.2. The van der Waals surface area contributed by atoms with Gasteiger partial charge in [-0.25, -0.2) is 12.8 Å². The first-order valence-corrected chi connectivity index (χ1v) is 12.3. The van der Waals surface area contributed by atoms with Crippen molar-refractivity contribution in [2.24, 2.45) is 0 Å². The SMILES string of the molecule is Cc1cc([S+](c2ccccc2)c2ccccc2)cc(C)c1OCC(F)(C(F)(F)F)S(=O)(=O)[O-]. The van der Waals surface area contributed by atoms with Crippen molar-refractivity contribution in [2.45, 2.75) is 39.7 Å². The summed E-state index contributed by atoms with van der Waals surface area (Å²) in [4.78, 5) is 2.86. The molecular weight excluding hydrogens is 480 g/mol. The lowest BCUT2D eigenvalue weighted by Crippen LogP contribution is -2.52. The highest BCUT2D eigenvalue weighted by Gasteiger charge is 2.62. The van der Waals surface area contributed by atoms with Crippen LogP contribution >= 0.6 is 0 Å². The van der Waals surface area contributed by atoms with Crippen LogP contribution in [0.25, 0.3) is 0 Å². The Bertz CT molecular complexity index is 1150. The van der Waals surface area contributed by atoms with E-state index in [0.717, 1.165) is 14.7 Å². The van der Waals surface area contributed by atoms with Gasteiger partial charge in [-0.2, -0.15) is 13.2 Å². The van der Waals surface area contributed by atoms with Gasteiger partial charge in [0.15, 0.2) is 14.7 Å². The van der Waals surface area contributed by atoms with Crippen LogP contribution in [0.15, 0.2) is 87.5 Å². The smallest absolute Gasteiger partial charge is 0.439 e. The van der Waals surface area contributed by atoms with Crippen LogP contribution in [0.5, 0.6) is 5.75 Å². The molecule has 0 spiro atoms. The van der Waals surface area contributed by atoms with Crippen molar-refractivity contribution in [3.8, 4) is 5.75 Å². The molecule has 3 aromatic carbocycles. The van der Waals surface area contributed by atoms with Crippen molar-refractivity contribution in [2.75, 3.05) is 6.61 Å². The number of aryl methyl sites for hydroxylation is 2. The summed E-state index contributed by atoms with van der Waals surface area (Å²) >= 11 is 0. The molecule has 0 aromatic heterocycles. The van der Waals surface area contributed by atoms with Gasteiger partial charge in [0.25, 0.3) is 0 Å². The third-order valence-corrected chi connectivity index (χ3v) is 8.19. The number of benzene rings is 3. The molecule has 0 aliphatic rings. The molecule has 1 unspecified atom stereocenters. The standard InChI is InChI=1S/C23H20F4O4S2/c1-16-13-20(32(18-9-5-3-6-10-18)19-11-7-4-8-12-19)14-17(2)21(16)31-15-22(24,23(25,26)27)33(28,29)30/h3-14H,15H2,1-2H3. The molecule has 33 heavy (non-hydrogen) atoms. The molecule has 3 aromatic rings. The van der Waals surface area contributed by atoms with Crippen LogP contribution in [0, 0.1) is 13.8 Å². The molecule has 0 saturated heterocycles. The number of ether oxygens (including phenoxy) is 1. The van der Waals surface area contributed by atoms with Crippen molar-refractivity contribution in [1.29, 1.82) is 0 Å². The van der Waals surface area contributed by atoms with Crippen LogP contribution in [-0.4, -0.2) is 30.8 Å². The molecule has 4 nitrogen and oxygen atoms in total. The van der Waals surface area contributed by atoms with E-state index < -0.39 is 38.8 Å². The van der Waals surface area contributed by atoms with Gasteiger partial charge in [-0.15, -0.1) is 0 Å². The molecule has 0 fully saturated rings. The Hall–Kier alpha value is -2.56. The Morgan fingerprint density at radius 2 is 1.24 bits per heavy atom. The second kappa shape index (κ2) is 9.36. The molecule has 0 aliphatic carbocycles. The Morgan fingerprint density at radius 3 is 1.61 bits per heavy atom. The summed E-state index contributed by atoms with van der Waals surface area (Å²) in [5, 5.41) is -5.06. The van der Waals surface area contributed by atoms with E-state index in [1.807, 2.05) is 60.7 Å². The lowest BCUT2D eigenvalue weighted by atomic mass is 10.1. The fraction of sp³-hybridized carbons (Fsp3) is 0.217. The summed E-state index contributed by atoms with van der Waals surface area (Å²) in [5.74, 6) is -0.113. The van der Waals surface area contributed by atoms with Crippen LogP contribution in [0.1, 0.15) is 11.1 Å². The van der Waals surface area contributed by atoms with E-state index >= 15 is 0 Å². The van der Waals surface area contributed by atoms with Gasteiger partial charge in [-0.3, -0.25) is 0 Å². The highest BCUT2D eigenvalue weighted by molar-refractivity contribution is 7.97. The molecule has 176 valence electrons. The monoisotopic (exact) mass is 500 g/mol. The molecule has 0 saturated carbocycles. The molecule has 0 aliphatic heterocycles. The maximum atomic E-state index is 14.3. The molecule has 1 atom stereocenters. The molecule has 0 amide bonds. The Balaban J connectivity index is 2.01. The zero-order valence-corrected chi connectivity index (χ0v) is 19.2. The average Bonchev–Trinajstić information content (AvgIpc) is 2.73. The van der Waals surface area contributed by atoms with E-state index in [4.69, 9.17) is 4.74 Å². The number of rotatable bonds is 7. The van der Waals surface area contributed by atoms with Crippen molar-refractivity contribution in [1.82, 2.24) is 0 Å². The largest absolute Gasteiger partial charge is 0.745 e. The topological polar surface area (TPSA) is 66.4 Å². The Labute approximate surface area is 192 Å². The maximum absolute atomic E-state index is 14.3. The first kappa shape index (κ1) is 25.1. The highest BCUT2D eigenvalue weighted by atomic mass is 32.2. The second-order valence-corrected chi connectivity index (χ2v) is 10.9. The van der Waals surface area contributed by atoms with Gasteiger partial charge in [0.2, 0.25) is 0 Å². The van der Waals surface area contributed by atoms with Gasteiger partial charge >= 0.3 is 11.2 Å². The average molecular weight is 501 g/mol. The van der Waals surface area contributed by atoms with Gasteiger partial charge in [0, 0.05) is 12.1 Å². The highest BCUT2D eigenvalue weighted by Crippen LogP contribution is 2.40. The summed E-state index contributed by atoms with van der Waals surface area (Å²) in [6.07, 6.45) is -5.94. The maximum Gasteiger partial charge on any atom is 0.439 e.